The van der Waals surface area contributed by atoms with Gasteiger partial charge in [-0.1, -0.05) is 0 Å². The van der Waals surface area contributed by atoms with Crippen molar-refractivity contribution < 1.29 is 9.53 Å². The molecule has 0 aromatic rings. The predicted molar refractivity (Wildman–Crippen MR) is 76.3 cm³/mol. The van der Waals surface area contributed by atoms with E-state index in [0.717, 1.165) is 45.8 Å². The molecule has 1 saturated heterocycles. The van der Waals surface area contributed by atoms with Crippen LogP contribution in [0.1, 0.15) is 6.42 Å². The van der Waals surface area contributed by atoms with E-state index in [-0.39, 0.29) is 5.91 Å². The first-order valence-corrected chi connectivity index (χ1v) is 7.09. The second-order valence-electron chi connectivity index (χ2n) is 4.99. The molecule has 1 fully saturated rings. The summed E-state index contributed by atoms with van der Waals surface area (Å²) >= 11 is 0. The van der Waals surface area contributed by atoms with Crippen LogP contribution in [0.4, 0.5) is 0 Å². The Hall–Kier alpha value is -0.690. The lowest BCUT2D eigenvalue weighted by atomic mass is 10.3. The molecule has 1 heterocycles. The van der Waals surface area contributed by atoms with Gasteiger partial charge in [0.15, 0.2) is 0 Å². The summed E-state index contributed by atoms with van der Waals surface area (Å²) in [6, 6.07) is 0. The predicted octanol–water partition coefficient (Wildman–Crippen LogP) is -1.02. The number of hydrogen-bond acceptors (Lipinski definition) is 5. The van der Waals surface area contributed by atoms with Crippen LogP contribution in [-0.2, 0) is 9.53 Å². The smallest absolute Gasteiger partial charge is 0.221 e. The number of carbonyl (C=O) groups is 1. The Kier molecular flexibility index (Phi) is 8.73. The molecule has 1 aliphatic rings. The Morgan fingerprint density at radius 3 is 2.58 bits per heavy atom. The third-order valence-electron chi connectivity index (χ3n) is 3.36. The molecule has 6 heteroatoms. The van der Waals surface area contributed by atoms with Gasteiger partial charge in [0, 0.05) is 65.9 Å². The van der Waals surface area contributed by atoms with Crippen LogP contribution in [0, 0.1) is 0 Å². The van der Waals surface area contributed by atoms with Crippen molar-refractivity contribution in [3.05, 3.63) is 0 Å². The third-order valence-corrected chi connectivity index (χ3v) is 3.36. The third kappa shape index (κ3) is 8.15. The fraction of sp³-hybridized carbons (Fsp3) is 0.923. The summed E-state index contributed by atoms with van der Waals surface area (Å²) in [5.74, 6) is 0.0872. The van der Waals surface area contributed by atoms with E-state index in [1.54, 1.807) is 7.11 Å². The maximum atomic E-state index is 11.4. The highest BCUT2D eigenvalue weighted by Gasteiger charge is 2.12. The summed E-state index contributed by atoms with van der Waals surface area (Å²) in [5, 5.41) is 6.13. The van der Waals surface area contributed by atoms with Gasteiger partial charge in [0.25, 0.3) is 0 Å². The minimum absolute atomic E-state index is 0.0872. The molecule has 112 valence electrons. The molecule has 0 aromatic carbocycles. The molecule has 1 amide bonds. The van der Waals surface area contributed by atoms with Crippen LogP contribution in [0.25, 0.3) is 0 Å². The number of nitrogens with zero attached hydrogens (tertiary/aromatic N) is 2. The molecule has 0 unspecified atom stereocenters. The molecule has 0 aliphatic carbocycles. The van der Waals surface area contributed by atoms with E-state index in [9.17, 15) is 4.79 Å². The van der Waals surface area contributed by atoms with E-state index in [0.29, 0.717) is 19.6 Å². The Morgan fingerprint density at radius 1 is 1.16 bits per heavy atom. The lowest BCUT2D eigenvalue weighted by molar-refractivity contribution is -0.121. The number of hydrogen-bond donors (Lipinski definition) is 2. The highest BCUT2D eigenvalue weighted by Crippen LogP contribution is 1.97. The molecule has 0 radical (unpaired) electrons. The molecular formula is C13H28N4O2. The van der Waals surface area contributed by atoms with Crippen LogP contribution in [0.5, 0.6) is 0 Å². The summed E-state index contributed by atoms with van der Waals surface area (Å²) in [4.78, 5) is 16.2. The van der Waals surface area contributed by atoms with Crippen LogP contribution < -0.4 is 10.6 Å². The second kappa shape index (κ2) is 10.1. The summed E-state index contributed by atoms with van der Waals surface area (Å²) in [6.07, 6.45) is 0.534. The standard InChI is InChI=1S/C13H28N4O2/c1-16-8-10-17(11-9-16)7-5-14-4-3-13(18)15-6-12-19-2/h14H,3-12H2,1-2H3,(H,15,18). The maximum absolute atomic E-state index is 11.4. The molecular weight excluding hydrogens is 244 g/mol. The van der Waals surface area contributed by atoms with Crippen LogP contribution in [0.15, 0.2) is 0 Å². The molecule has 0 aromatic heterocycles. The zero-order chi connectivity index (χ0) is 13.9. The van der Waals surface area contributed by atoms with Crippen LogP contribution >= 0.6 is 0 Å². The average molecular weight is 272 g/mol. The highest BCUT2D eigenvalue weighted by molar-refractivity contribution is 5.75. The number of nitrogens with one attached hydrogen (secondary N) is 2. The lowest BCUT2D eigenvalue weighted by Crippen LogP contribution is -2.46. The number of piperazine rings is 1. The number of amides is 1. The van der Waals surface area contributed by atoms with Crippen LogP contribution in [-0.4, -0.2) is 88.8 Å². The van der Waals surface area contributed by atoms with Gasteiger partial charge < -0.3 is 20.3 Å². The van der Waals surface area contributed by atoms with Crippen molar-refractivity contribution in [2.45, 2.75) is 6.42 Å². The van der Waals surface area contributed by atoms with Crippen molar-refractivity contribution in [3.8, 4) is 0 Å². The van der Waals surface area contributed by atoms with Gasteiger partial charge in [-0.05, 0) is 7.05 Å². The van der Waals surface area contributed by atoms with Gasteiger partial charge in [0.1, 0.15) is 0 Å². The first-order chi connectivity index (χ1) is 9.22. The molecule has 2 N–H and O–H groups in total. The minimum atomic E-state index is 0.0872. The van der Waals surface area contributed by atoms with Gasteiger partial charge in [0.2, 0.25) is 5.91 Å². The Bertz CT molecular complexity index is 243. The quantitative estimate of drug-likeness (QED) is 0.526. The second-order valence-corrected chi connectivity index (χ2v) is 4.99. The summed E-state index contributed by atoms with van der Waals surface area (Å²) in [6.45, 7) is 8.54. The Balaban J connectivity index is 1.89. The van der Waals surface area contributed by atoms with E-state index < -0.39 is 0 Å². The number of methoxy groups -OCH3 is 1. The van der Waals surface area contributed by atoms with E-state index in [4.69, 9.17) is 4.74 Å². The first-order valence-electron chi connectivity index (χ1n) is 7.09. The number of likely N-dealkylation sites (N-methyl/N-ethyl adjacent to an activating group) is 1. The first kappa shape index (κ1) is 16.4. The van der Waals surface area contributed by atoms with Crippen molar-refractivity contribution in [2.24, 2.45) is 0 Å². The molecule has 19 heavy (non-hydrogen) atoms. The Labute approximate surface area is 116 Å². The topological polar surface area (TPSA) is 56.8 Å². The van der Waals surface area contributed by atoms with Gasteiger partial charge in [0.05, 0.1) is 6.61 Å². The van der Waals surface area contributed by atoms with Gasteiger partial charge >= 0.3 is 0 Å². The molecule has 0 spiro atoms. The van der Waals surface area contributed by atoms with Crippen molar-refractivity contribution in [3.63, 3.8) is 0 Å². The van der Waals surface area contributed by atoms with Gasteiger partial charge in [-0.15, -0.1) is 0 Å². The van der Waals surface area contributed by atoms with E-state index in [1.807, 2.05) is 0 Å². The van der Waals surface area contributed by atoms with Crippen molar-refractivity contribution >= 4 is 5.91 Å². The molecule has 0 atom stereocenters. The van der Waals surface area contributed by atoms with Gasteiger partial charge in [-0.25, -0.2) is 0 Å². The summed E-state index contributed by atoms with van der Waals surface area (Å²) in [7, 11) is 3.80. The summed E-state index contributed by atoms with van der Waals surface area (Å²) < 4.78 is 4.87. The zero-order valence-corrected chi connectivity index (χ0v) is 12.3. The number of ether oxygens (including phenoxy) is 1. The molecule has 6 nitrogen and oxygen atoms in total. The van der Waals surface area contributed by atoms with Crippen LogP contribution in [0.3, 0.4) is 0 Å². The van der Waals surface area contributed by atoms with Gasteiger partial charge in [-0.2, -0.15) is 0 Å². The lowest BCUT2D eigenvalue weighted by Gasteiger charge is -2.32. The monoisotopic (exact) mass is 272 g/mol. The van der Waals surface area contributed by atoms with Crippen LogP contribution in [0.2, 0.25) is 0 Å². The van der Waals surface area contributed by atoms with Crippen molar-refractivity contribution in [1.82, 2.24) is 20.4 Å². The van der Waals surface area contributed by atoms with E-state index >= 15 is 0 Å². The normalized spacial score (nSPS) is 17.6. The van der Waals surface area contributed by atoms with Crippen molar-refractivity contribution in [2.75, 3.05) is 73.1 Å². The maximum Gasteiger partial charge on any atom is 0.221 e. The fourth-order valence-corrected chi connectivity index (χ4v) is 2.02. The number of rotatable bonds is 9. The molecule has 1 rings (SSSR count). The summed E-state index contributed by atoms with van der Waals surface area (Å²) in [5.41, 5.74) is 0. The fourth-order valence-electron chi connectivity index (χ4n) is 2.02. The zero-order valence-electron chi connectivity index (χ0n) is 12.3. The largest absolute Gasteiger partial charge is 0.383 e. The average Bonchev–Trinajstić information content (AvgIpc) is 2.41. The Morgan fingerprint density at radius 2 is 1.89 bits per heavy atom. The highest BCUT2D eigenvalue weighted by atomic mass is 16.5. The van der Waals surface area contributed by atoms with Crippen molar-refractivity contribution in [1.29, 1.82) is 0 Å². The minimum Gasteiger partial charge on any atom is -0.383 e. The SMILES string of the molecule is COCCNC(=O)CCNCCN1CCN(C)CC1. The molecule has 1 aliphatic heterocycles. The van der Waals surface area contributed by atoms with E-state index in [1.165, 1.54) is 0 Å². The van der Waals surface area contributed by atoms with E-state index in [2.05, 4.69) is 27.5 Å². The van der Waals surface area contributed by atoms with Gasteiger partial charge in [-0.3, -0.25) is 9.69 Å². The molecule has 0 bridgehead atoms. The molecule has 0 saturated carbocycles. The number of carbonyl (C=O) groups excluding carboxylic acids is 1.